The van der Waals surface area contributed by atoms with Crippen LogP contribution in [0.25, 0.3) is 6.08 Å². The Bertz CT molecular complexity index is 633. The minimum absolute atomic E-state index is 0.221. The van der Waals surface area contributed by atoms with Gasteiger partial charge in [0, 0.05) is 19.2 Å². The number of benzene rings is 1. The lowest BCUT2D eigenvalue weighted by atomic mass is 10.1. The molecule has 1 aromatic carbocycles. The Hall–Kier alpha value is -3.12. The molecule has 6 heteroatoms. The molecule has 1 aromatic rings. The van der Waals surface area contributed by atoms with E-state index in [2.05, 4.69) is 4.74 Å². The highest BCUT2D eigenvalue weighted by atomic mass is 16.5. The highest BCUT2D eigenvalue weighted by Crippen LogP contribution is 2.08. The Labute approximate surface area is 135 Å². The lowest BCUT2D eigenvalue weighted by Gasteiger charge is -2.18. The van der Waals surface area contributed by atoms with Gasteiger partial charge in [-0.15, -0.1) is 0 Å². The third kappa shape index (κ3) is 6.03. The number of esters is 1. The van der Waals surface area contributed by atoms with E-state index in [-0.39, 0.29) is 18.7 Å². The fraction of sp³-hybridized carbons (Fsp3) is 0.294. The van der Waals surface area contributed by atoms with Crippen LogP contribution in [0.1, 0.15) is 28.8 Å². The Balaban J connectivity index is 2.73. The molecule has 0 saturated carbocycles. The molecule has 118 valence electrons. The molecule has 0 atom stereocenters. The van der Waals surface area contributed by atoms with Gasteiger partial charge < -0.3 is 9.64 Å². The second kappa shape index (κ2) is 9.75. The van der Waals surface area contributed by atoms with Gasteiger partial charge in [-0.1, -0.05) is 12.1 Å². The van der Waals surface area contributed by atoms with E-state index in [1.165, 1.54) is 18.1 Å². The predicted molar refractivity (Wildman–Crippen MR) is 83.9 cm³/mol. The smallest absolute Gasteiger partial charge is 0.337 e. The number of carbonyl (C=O) groups excluding carboxylic acids is 2. The van der Waals surface area contributed by atoms with Crippen LogP contribution in [0.3, 0.4) is 0 Å². The molecule has 0 bridgehead atoms. The number of hydrogen-bond donors (Lipinski definition) is 0. The van der Waals surface area contributed by atoms with Crippen LogP contribution in [0, 0.1) is 22.7 Å². The van der Waals surface area contributed by atoms with Gasteiger partial charge in [-0.05, 0) is 23.8 Å². The van der Waals surface area contributed by atoms with Crippen molar-refractivity contribution in [3.8, 4) is 12.1 Å². The summed E-state index contributed by atoms with van der Waals surface area (Å²) in [6.45, 7) is 0.589. The van der Waals surface area contributed by atoms with Crippen molar-refractivity contribution < 1.29 is 14.3 Å². The summed E-state index contributed by atoms with van der Waals surface area (Å²) in [5.41, 5.74) is 1.19. The second-order valence-electron chi connectivity index (χ2n) is 4.59. The van der Waals surface area contributed by atoms with Crippen molar-refractivity contribution in [2.24, 2.45) is 0 Å². The number of ether oxygens (including phenoxy) is 1. The molecule has 0 aliphatic rings. The van der Waals surface area contributed by atoms with Crippen LogP contribution < -0.4 is 0 Å². The molecule has 0 aromatic heterocycles. The molecule has 1 amide bonds. The molecule has 0 saturated heterocycles. The summed E-state index contributed by atoms with van der Waals surface area (Å²) in [7, 11) is 1.31. The second-order valence-corrected chi connectivity index (χ2v) is 4.59. The van der Waals surface area contributed by atoms with Crippen molar-refractivity contribution >= 4 is 18.0 Å². The number of nitrogens with zero attached hydrogens (tertiary/aromatic N) is 3. The van der Waals surface area contributed by atoms with E-state index < -0.39 is 5.97 Å². The molecule has 0 N–H and O–H groups in total. The monoisotopic (exact) mass is 311 g/mol. The SMILES string of the molecule is COC(=O)c1ccc(C=CC(=O)N(CCC#N)CCC#N)cc1. The zero-order valence-corrected chi connectivity index (χ0v) is 12.9. The zero-order valence-electron chi connectivity index (χ0n) is 12.9. The topological polar surface area (TPSA) is 94.2 Å². The van der Waals surface area contributed by atoms with Gasteiger partial charge >= 0.3 is 5.97 Å². The van der Waals surface area contributed by atoms with Crippen molar-refractivity contribution in [1.82, 2.24) is 4.90 Å². The number of methoxy groups -OCH3 is 1. The van der Waals surface area contributed by atoms with Gasteiger partial charge in [-0.3, -0.25) is 4.79 Å². The van der Waals surface area contributed by atoms with Gasteiger partial charge in [0.1, 0.15) is 0 Å². The number of rotatable bonds is 7. The van der Waals surface area contributed by atoms with Crippen LogP contribution in [-0.4, -0.2) is 37.0 Å². The van der Waals surface area contributed by atoms with Crippen molar-refractivity contribution in [2.45, 2.75) is 12.8 Å². The largest absolute Gasteiger partial charge is 0.465 e. The molecule has 0 heterocycles. The third-order valence-electron chi connectivity index (χ3n) is 3.05. The average Bonchev–Trinajstić information content (AvgIpc) is 2.59. The van der Waals surface area contributed by atoms with E-state index >= 15 is 0 Å². The summed E-state index contributed by atoms with van der Waals surface area (Å²) in [5.74, 6) is -0.677. The van der Waals surface area contributed by atoms with Gasteiger partial charge in [-0.2, -0.15) is 10.5 Å². The Morgan fingerprint density at radius 1 is 1.13 bits per heavy atom. The molecule has 0 radical (unpaired) electrons. The summed E-state index contributed by atoms with van der Waals surface area (Å²) in [6, 6.07) is 10.6. The first-order valence-corrected chi connectivity index (χ1v) is 7.01. The van der Waals surface area contributed by atoms with Gasteiger partial charge in [0.05, 0.1) is 37.7 Å². The van der Waals surface area contributed by atoms with Crippen molar-refractivity contribution in [1.29, 1.82) is 10.5 Å². The fourth-order valence-electron chi connectivity index (χ4n) is 1.82. The van der Waals surface area contributed by atoms with Crippen LogP contribution >= 0.6 is 0 Å². The number of carbonyl (C=O) groups is 2. The van der Waals surface area contributed by atoms with Crippen LogP contribution in [0.5, 0.6) is 0 Å². The molecule has 1 rings (SSSR count). The minimum Gasteiger partial charge on any atom is -0.465 e. The normalized spacial score (nSPS) is 9.87. The maximum absolute atomic E-state index is 12.1. The number of nitriles is 2. The predicted octanol–water partition coefficient (Wildman–Crippen LogP) is 2.14. The van der Waals surface area contributed by atoms with E-state index in [0.717, 1.165) is 5.56 Å². The first-order chi connectivity index (χ1) is 11.1. The molecule has 0 unspecified atom stereocenters. The van der Waals surface area contributed by atoms with Gasteiger partial charge in [0.25, 0.3) is 0 Å². The third-order valence-corrected chi connectivity index (χ3v) is 3.05. The van der Waals surface area contributed by atoms with E-state index in [1.807, 2.05) is 12.1 Å². The van der Waals surface area contributed by atoms with Gasteiger partial charge in [0.15, 0.2) is 0 Å². The van der Waals surface area contributed by atoms with Crippen LogP contribution in [0.2, 0.25) is 0 Å². The van der Waals surface area contributed by atoms with Crippen molar-refractivity contribution in [3.63, 3.8) is 0 Å². The first kappa shape index (κ1) is 17.9. The Morgan fingerprint density at radius 2 is 1.70 bits per heavy atom. The zero-order chi connectivity index (χ0) is 17.1. The van der Waals surface area contributed by atoms with E-state index in [0.29, 0.717) is 18.7 Å². The average molecular weight is 311 g/mol. The number of hydrogen-bond acceptors (Lipinski definition) is 5. The highest BCUT2D eigenvalue weighted by molar-refractivity contribution is 5.92. The summed E-state index contributed by atoms with van der Waals surface area (Å²) in [5, 5.41) is 17.2. The molecule has 0 aliphatic heterocycles. The summed E-state index contributed by atoms with van der Waals surface area (Å²) < 4.78 is 4.61. The summed E-state index contributed by atoms with van der Waals surface area (Å²) in [6.07, 6.45) is 3.45. The quantitative estimate of drug-likeness (QED) is 0.568. The van der Waals surface area contributed by atoms with E-state index in [1.54, 1.807) is 30.3 Å². The Kier molecular flexibility index (Phi) is 7.60. The van der Waals surface area contributed by atoms with Crippen LogP contribution in [-0.2, 0) is 9.53 Å². The molecular weight excluding hydrogens is 294 g/mol. The molecule has 23 heavy (non-hydrogen) atoms. The lowest BCUT2D eigenvalue weighted by molar-refractivity contribution is -0.125. The van der Waals surface area contributed by atoms with Gasteiger partial charge in [-0.25, -0.2) is 4.79 Å². The lowest BCUT2D eigenvalue weighted by Crippen LogP contribution is -2.31. The maximum atomic E-state index is 12.1. The molecule has 0 aliphatic carbocycles. The maximum Gasteiger partial charge on any atom is 0.337 e. The fourth-order valence-corrected chi connectivity index (χ4v) is 1.82. The summed E-state index contributed by atoms with van der Waals surface area (Å²) >= 11 is 0. The molecule has 0 spiro atoms. The molecule has 0 fully saturated rings. The van der Waals surface area contributed by atoms with Crippen LogP contribution in [0.4, 0.5) is 0 Å². The highest BCUT2D eigenvalue weighted by Gasteiger charge is 2.09. The summed E-state index contributed by atoms with van der Waals surface area (Å²) in [4.78, 5) is 24.9. The minimum atomic E-state index is -0.421. The van der Waals surface area contributed by atoms with E-state index in [9.17, 15) is 9.59 Å². The first-order valence-electron chi connectivity index (χ1n) is 7.01. The van der Waals surface area contributed by atoms with Crippen molar-refractivity contribution in [3.05, 3.63) is 41.5 Å². The standard InChI is InChI=1S/C17H17N3O3/c1-23-17(22)15-7-4-14(5-8-15)6-9-16(21)20(12-2-10-18)13-3-11-19/h4-9H,2-3,12-13H2,1H3. The van der Waals surface area contributed by atoms with Gasteiger partial charge in [0.2, 0.25) is 5.91 Å². The van der Waals surface area contributed by atoms with E-state index in [4.69, 9.17) is 10.5 Å². The number of amides is 1. The molecule has 6 nitrogen and oxygen atoms in total. The molecular formula is C17H17N3O3. The Morgan fingerprint density at radius 3 is 2.17 bits per heavy atom. The van der Waals surface area contributed by atoms with Crippen molar-refractivity contribution in [2.75, 3.05) is 20.2 Å². The van der Waals surface area contributed by atoms with Crippen LogP contribution in [0.15, 0.2) is 30.3 Å².